The monoisotopic (exact) mass is 243 g/mol. The Bertz CT molecular complexity index is 462. The van der Waals surface area contributed by atoms with Crippen molar-refractivity contribution in [1.82, 2.24) is 9.55 Å². The van der Waals surface area contributed by atoms with Gasteiger partial charge in [-0.2, -0.15) is 4.98 Å². The van der Waals surface area contributed by atoms with Gasteiger partial charge in [-0.1, -0.05) is 0 Å². The molecule has 1 fully saturated rings. The minimum Gasteiger partial charge on any atom is -0.394 e. The summed E-state index contributed by atoms with van der Waals surface area (Å²) in [5.74, 6) is 0.0537. The summed E-state index contributed by atoms with van der Waals surface area (Å²) in [6.07, 6.45) is -3.27. The molecule has 0 amide bonds. The van der Waals surface area contributed by atoms with Crippen molar-refractivity contribution in [1.29, 1.82) is 0 Å². The minimum absolute atomic E-state index is 0.0537. The zero-order valence-electron chi connectivity index (χ0n) is 8.80. The van der Waals surface area contributed by atoms with E-state index in [0.717, 1.165) is 4.57 Å². The molecule has 2 rings (SSSR count). The van der Waals surface area contributed by atoms with Crippen LogP contribution in [0.4, 0.5) is 5.82 Å². The Labute approximate surface area is 95.9 Å². The molecule has 4 atom stereocenters. The molecule has 0 aromatic carbocycles. The van der Waals surface area contributed by atoms with E-state index in [4.69, 9.17) is 15.6 Å². The highest BCUT2D eigenvalue weighted by Gasteiger charge is 2.43. The van der Waals surface area contributed by atoms with Crippen LogP contribution in [0.15, 0.2) is 17.1 Å². The quantitative estimate of drug-likeness (QED) is 0.449. The molecule has 17 heavy (non-hydrogen) atoms. The number of hydrogen-bond acceptors (Lipinski definition) is 7. The lowest BCUT2D eigenvalue weighted by Gasteiger charge is -2.16. The van der Waals surface area contributed by atoms with E-state index in [0.29, 0.717) is 0 Å². The van der Waals surface area contributed by atoms with Crippen LogP contribution in [0.5, 0.6) is 0 Å². The maximum atomic E-state index is 11.5. The summed E-state index contributed by atoms with van der Waals surface area (Å²) in [5, 5.41) is 28.2. The lowest BCUT2D eigenvalue weighted by atomic mass is 10.1. The summed E-state index contributed by atoms with van der Waals surface area (Å²) in [6.45, 7) is -0.453. The smallest absolute Gasteiger partial charge is 0.351 e. The maximum Gasteiger partial charge on any atom is 0.351 e. The van der Waals surface area contributed by atoms with E-state index in [1.807, 2.05) is 0 Å². The normalized spacial score (nSPS) is 32.9. The molecule has 1 aromatic rings. The van der Waals surface area contributed by atoms with Gasteiger partial charge in [0.1, 0.15) is 24.1 Å². The molecule has 1 aromatic heterocycles. The van der Waals surface area contributed by atoms with Crippen LogP contribution in [0, 0.1) is 0 Å². The van der Waals surface area contributed by atoms with Crippen LogP contribution in [0.2, 0.25) is 0 Å². The van der Waals surface area contributed by atoms with Crippen LogP contribution in [-0.2, 0) is 4.74 Å². The van der Waals surface area contributed by atoms with Gasteiger partial charge in [-0.05, 0) is 6.07 Å². The summed E-state index contributed by atoms with van der Waals surface area (Å²) in [6, 6.07) is 1.37. The first-order valence-electron chi connectivity index (χ1n) is 5.01. The molecule has 1 aliphatic rings. The molecule has 0 aliphatic carbocycles. The van der Waals surface area contributed by atoms with Gasteiger partial charge in [0, 0.05) is 6.20 Å². The SMILES string of the molecule is Nc1ccn([C@@H]2O[C@H](CO)[C@H](O)[C@H]2O)c(=O)n1. The molecule has 2 heterocycles. The van der Waals surface area contributed by atoms with Crippen molar-refractivity contribution < 1.29 is 20.1 Å². The van der Waals surface area contributed by atoms with Crippen molar-refractivity contribution in [3.05, 3.63) is 22.7 Å². The van der Waals surface area contributed by atoms with E-state index in [1.165, 1.54) is 12.3 Å². The molecule has 94 valence electrons. The molecule has 1 aliphatic heterocycles. The second kappa shape index (κ2) is 4.41. The number of hydrogen-bond donors (Lipinski definition) is 4. The fourth-order valence-electron chi connectivity index (χ4n) is 1.73. The molecule has 0 unspecified atom stereocenters. The summed E-state index contributed by atoms with van der Waals surface area (Å²) in [7, 11) is 0. The van der Waals surface area contributed by atoms with Crippen LogP contribution in [0.1, 0.15) is 6.23 Å². The Kier molecular flexibility index (Phi) is 3.11. The number of aromatic nitrogens is 2. The highest BCUT2D eigenvalue weighted by Crippen LogP contribution is 2.27. The summed E-state index contributed by atoms with van der Waals surface area (Å²) in [4.78, 5) is 15.0. The maximum absolute atomic E-state index is 11.5. The number of nitrogens with two attached hydrogens (primary N) is 1. The van der Waals surface area contributed by atoms with Gasteiger partial charge in [-0.25, -0.2) is 4.79 Å². The highest BCUT2D eigenvalue weighted by atomic mass is 16.6. The van der Waals surface area contributed by atoms with E-state index in [9.17, 15) is 15.0 Å². The van der Waals surface area contributed by atoms with Crippen molar-refractivity contribution >= 4 is 5.82 Å². The largest absolute Gasteiger partial charge is 0.394 e. The summed E-state index contributed by atoms with van der Waals surface area (Å²) < 4.78 is 6.19. The molecule has 0 saturated carbocycles. The Balaban J connectivity index is 2.32. The van der Waals surface area contributed by atoms with Gasteiger partial charge >= 0.3 is 5.69 Å². The molecule has 1 saturated heterocycles. The second-order valence-corrected chi connectivity index (χ2v) is 3.77. The van der Waals surface area contributed by atoms with E-state index in [2.05, 4.69) is 4.98 Å². The average molecular weight is 243 g/mol. The van der Waals surface area contributed by atoms with Crippen LogP contribution >= 0.6 is 0 Å². The fraction of sp³-hybridized carbons (Fsp3) is 0.556. The van der Waals surface area contributed by atoms with Crippen molar-refractivity contribution in [3.8, 4) is 0 Å². The molecule has 5 N–H and O–H groups in total. The zero-order valence-corrected chi connectivity index (χ0v) is 8.80. The summed E-state index contributed by atoms with van der Waals surface area (Å²) >= 11 is 0. The Morgan fingerprint density at radius 2 is 2.18 bits per heavy atom. The topological polar surface area (TPSA) is 131 Å². The van der Waals surface area contributed by atoms with Gasteiger partial charge in [0.2, 0.25) is 0 Å². The zero-order chi connectivity index (χ0) is 12.6. The molecule has 0 spiro atoms. The first-order valence-corrected chi connectivity index (χ1v) is 5.01. The number of rotatable bonds is 2. The predicted molar refractivity (Wildman–Crippen MR) is 55.9 cm³/mol. The number of aliphatic hydroxyl groups is 3. The first-order chi connectivity index (χ1) is 8.04. The average Bonchev–Trinajstić information content (AvgIpc) is 2.57. The molecule has 8 heteroatoms. The molecule has 0 radical (unpaired) electrons. The molecule has 0 bridgehead atoms. The van der Waals surface area contributed by atoms with Crippen molar-refractivity contribution in [2.24, 2.45) is 0 Å². The van der Waals surface area contributed by atoms with Gasteiger partial charge in [0.15, 0.2) is 6.23 Å². The van der Waals surface area contributed by atoms with E-state index in [1.54, 1.807) is 0 Å². The lowest BCUT2D eigenvalue weighted by molar-refractivity contribution is -0.0549. The number of nitrogens with zero attached hydrogens (tertiary/aromatic N) is 2. The van der Waals surface area contributed by atoms with Crippen molar-refractivity contribution in [3.63, 3.8) is 0 Å². The van der Waals surface area contributed by atoms with Gasteiger partial charge in [-0.15, -0.1) is 0 Å². The molecular weight excluding hydrogens is 230 g/mol. The third-order valence-corrected chi connectivity index (χ3v) is 2.64. The summed E-state index contributed by atoms with van der Waals surface area (Å²) in [5.41, 5.74) is 4.63. The van der Waals surface area contributed by atoms with Crippen LogP contribution in [0.25, 0.3) is 0 Å². The molecule has 8 nitrogen and oxygen atoms in total. The third-order valence-electron chi connectivity index (χ3n) is 2.64. The van der Waals surface area contributed by atoms with Gasteiger partial charge in [0.25, 0.3) is 0 Å². The number of ether oxygens (including phenoxy) is 1. The number of aliphatic hydroxyl groups excluding tert-OH is 3. The minimum atomic E-state index is -1.31. The third kappa shape index (κ3) is 2.03. The first kappa shape index (κ1) is 12.0. The van der Waals surface area contributed by atoms with Crippen LogP contribution < -0.4 is 11.4 Å². The van der Waals surface area contributed by atoms with Crippen molar-refractivity contribution in [2.75, 3.05) is 12.3 Å². The molecular formula is C9H13N3O5. The number of anilines is 1. The highest BCUT2D eigenvalue weighted by molar-refractivity contribution is 5.23. The van der Waals surface area contributed by atoms with E-state index >= 15 is 0 Å². The lowest BCUT2D eigenvalue weighted by Crippen LogP contribution is -2.36. The Morgan fingerprint density at radius 1 is 1.47 bits per heavy atom. The fourth-order valence-corrected chi connectivity index (χ4v) is 1.73. The predicted octanol–water partition coefficient (Wildman–Crippen LogP) is -2.56. The van der Waals surface area contributed by atoms with Crippen molar-refractivity contribution in [2.45, 2.75) is 24.5 Å². The number of nitrogen functional groups attached to an aromatic ring is 1. The van der Waals surface area contributed by atoms with E-state index in [-0.39, 0.29) is 5.82 Å². The van der Waals surface area contributed by atoms with Gasteiger partial charge < -0.3 is 25.8 Å². The Morgan fingerprint density at radius 3 is 2.71 bits per heavy atom. The Hall–Kier alpha value is -1.48. The van der Waals surface area contributed by atoms with Crippen LogP contribution in [-0.4, -0.2) is 49.8 Å². The van der Waals surface area contributed by atoms with E-state index < -0.39 is 36.8 Å². The van der Waals surface area contributed by atoms with Gasteiger partial charge in [0.05, 0.1) is 6.61 Å². The second-order valence-electron chi connectivity index (χ2n) is 3.77. The van der Waals surface area contributed by atoms with Crippen LogP contribution in [0.3, 0.4) is 0 Å². The van der Waals surface area contributed by atoms with Gasteiger partial charge in [-0.3, -0.25) is 4.57 Å². The standard InChI is InChI=1S/C9H13N3O5/c10-5-1-2-12(9(16)11-5)8-7(15)6(14)4(3-13)17-8/h1-2,4,6-8,13-15H,3H2,(H2,10,11,16)/t4-,6+,7-,8-/m1/s1.